The van der Waals surface area contributed by atoms with Crippen molar-refractivity contribution in [3.05, 3.63) is 30.3 Å². The molecular weight excluding hydrogens is 232 g/mol. The molecule has 3 nitrogen and oxygen atoms in total. The Kier molecular flexibility index (Phi) is 4.34. The molecule has 1 aromatic rings. The zero-order chi connectivity index (χ0) is 12.1. The van der Waals surface area contributed by atoms with Crippen molar-refractivity contribution in [1.29, 1.82) is 0 Å². The van der Waals surface area contributed by atoms with Gasteiger partial charge in [0.15, 0.2) is 5.11 Å². The molecule has 0 saturated heterocycles. The summed E-state index contributed by atoms with van der Waals surface area (Å²) in [4.78, 5) is 0. The first kappa shape index (κ1) is 12.3. The summed E-state index contributed by atoms with van der Waals surface area (Å²) in [6.45, 7) is 2.83. The maximum Gasteiger partial charge on any atom is 0.170 e. The fourth-order valence-electron chi connectivity index (χ4n) is 1.93. The van der Waals surface area contributed by atoms with Crippen molar-refractivity contribution in [3.63, 3.8) is 0 Å². The van der Waals surface area contributed by atoms with Crippen LogP contribution in [0.15, 0.2) is 30.3 Å². The van der Waals surface area contributed by atoms with Crippen molar-refractivity contribution >= 4 is 23.0 Å². The van der Waals surface area contributed by atoms with Crippen LogP contribution in [0.3, 0.4) is 0 Å². The number of para-hydroxylation sites is 1. The summed E-state index contributed by atoms with van der Waals surface area (Å²) in [5.74, 6) is 0. The molecule has 1 aromatic carbocycles. The highest BCUT2D eigenvalue weighted by Gasteiger charge is 2.29. The molecule has 0 spiro atoms. The van der Waals surface area contributed by atoms with E-state index in [9.17, 15) is 0 Å². The number of ether oxygens (including phenoxy) is 1. The third-order valence-corrected chi connectivity index (χ3v) is 3.08. The topological polar surface area (TPSA) is 33.3 Å². The Balaban J connectivity index is 1.69. The predicted molar refractivity (Wildman–Crippen MR) is 74.2 cm³/mol. The van der Waals surface area contributed by atoms with E-state index < -0.39 is 0 Å². The van der Waals surface area contributed by atoms with Crippen molar-refractivity contribution in [2.45, 2.75) is 31.9 Å². The molecule has 17 heavy (non-hydrogen) atoms. The quantitative estimate of drug-likeness (QED) is 0.805. The fourth-order valence-corrected chi connectivity index (χ4v) is 2.21. The second-order valence-corrected chi connectivity index (χ2v) is 4.62. The van der Waals surface area contributed by atoms with Gasteiger partial charge in [0, 0.05) is 18.3 Å². The van der Waals surface area contributed by atoms with E-state index in [4.69, 9.17) is 17.0 Å². The van der Waals surface area contributed by atoms with Gasteiger partial charge in [-0.1, -0.05) is 18.2 Å². The summed E-state index contributed by atoms with van der Waals surface area (Å²) >= 11 is 5.25. The highest BCUT2D eigenvalue weighted by Crippen LogP contribution is 2.23. The van der Waals surface area contributed by atoms with Crippen molar-refractivity contribution in [1.82, 2.24) is 5.32 Å². The Labute approximate surface area is 108 Å². The van der Waals surface area contributed by atoms with Gasteiger partial charge >= 0.3 is 0 Å². The molecule has 4 heteroatoms. The van der Waals surface area contributed by atoms with Gasteiger partial charge in [-0.05, 0) is 44.1 Å². The lowest BCUT2D eigenvalue weighted by Crippen LogP contribution is -2.49. The van der Waals surface area contributed by atoms with Gasteiger partial charge in [0.05, 0.1) is 6.10 Å². The molecule has 92 valence electrons. The van der Waals surface area contributed by atoms with Crippen LogP contribution in [0.25, 0.3) is 0 Å². The Morgan fingerprint density at radius 1 is 1.35 bits per heavy atom. The summed E-state index contributed by atoms with van der Waals surface area (Å²) in [5.41, 5.74) is 1.02. The molecule has 0 unspecified atom stereocenters. The Morgan fingerprint density at radius 3 is 2.71 bits per heavy atom. The molecule has 1 saturated carbocycles. The molecule has 0 heterocycles. The number of hydrogen-bond donors (Lipinski definition) is 2. The van der Waals surface area contributed by atoms with Gasteiger partial charge in [-0.2, -0.15) is 0 Å². The number of benzene rings is 1. The van der Waals surface area contributed by atoms with Crippen molar-refractivity contribution < 1.29 is 4.74 Å². The van der Waals surface area contributed by atoms with Crippen LogP contribution in [0.4, 0.5) is 5.69 Å². The van der Waals surface area contributed by atoms with Crippen LogP contribution in [0, 0.1) is 0 Å². The van der Waals surface area contributed by atoms with E-state index in [1.54, 1.807) is 0 Å². The van der Waals surface area contributed by atoms with E-state index in [1.165, 1.54) is 0 Å². The van der Waals surface area contributed by atoms with Crippen LogP contribution in [-0.2, 0) is 4.74 Å². The van der Waals surface area contributed by atoms with Crippen molar-refractivity contribution in [2.75, 3.05) is 11.9 Å². The molecule has 2 N–H and O–H groups in total. The zero-order valence-electron chi connectivity index (χ0n) is 9.98. The summed E-state index contributed by atoms with van der Waals surface area (Å²) in [6.07, 6.45) is 2.51. The largest absolute Gasteiger partial charge is 0.378 e. The lowest BCUT2D eigenvalue weighted by Gasteiger charge is -2.36. The van der Waals surface area contributed by atoms with Gasteiger partial charge in [-0.15, -0.1) is 0 Å². The SMILES string of the molecule is CCOC1CC(NC(=S)Nc2ccccc2)C1. The molecular formula is C13H18N2OS. The highest BCUT2D eigenvalue weighted by molar-refractivity contribution is 7.80. The van der Waals surface area contributed by atoms with Gasteiger partial charge in [0.1, 0.15) is 0 Å². The molecule has 0 atom stereocenters. The average molecular weight is 250 g/mol. The zero-order valence-corrected chi connectivity index (χ0v) is 10.8. The molecule has 0 radical (unpaired) electrons. The number of thiocarbonyl (C=S) groups is 1. The van der Waals surface area contributed by atoms with Gasteiger partial charge in [0.2, 0.25) is 0 Å². The first-order valence-corrected chi connectivity index (χ1v) is 6.43. The molecule has 0 aromatic heterocycles. The lowest BCUT2D eigenvalue weighted by molar-refractivity contribution is -0.00545. The van der Waals surface area contributed by atoms with Crippen molar-refractivity contribution in [2.24, 2.45) is 0 Å². The monoisotopic (exact) mass is 250 g/mol. The normalized spacial score (nSPS) is 22.6. The summed E-state index contributed by atoms with van der Waals surface area (Å²) in [7, 11) is 0. The van der Waals surface area contributed by atoms with Gasteiger partial charge < -0.3 is 15.4 Å². The molecule has 2 rings (SSSR count). The second-order valence-electron chi connectivity index (χ2n) is 4.21. The molecule has 1 aliphatic rings. The molecule has 1 aliphatic carbocycles. The standard InChI is InChI=1S/C13H18N2OS/c1-2-16-12-8-11(9-12)15-13(17)14-10-6-4-3-5-7-10/h3-7,11-12H,2,8-9H2,1H3,(H2,14,15,17). The average Bonchev–Trinajstić information content (AvgIpc) is 2.27. The molecule has 1 fully saturated rings. The number of anilines is 1. The minimum absolute atomic E-state index is 0.414. The van der Waals surface area contributed by atoms with Crippen LogP contribution in [0.2, 0.25) is 0 Å². The summed E-state index contributed by atoms with van der Waals surface area (Å²) in [6, 6.07) is 10.4. The molecule has 0 bridgehead atoms. The van der Waals surface area contributed by atoms with E-state index in [1.807, 2.05) is 37.3 Å². The Morgan fingerprint density at radius 2 is 2.06 bits per heavy atom. The minimum atomic E-state index is 0.414. The van der Waals surface area contributed by atoms with Gasteiger partial charge in [-0.25, -0.2) is 0 Å². The molecule has 0 aliphatic heterocycles. The third kappa shape index (κ3) is 3.68. The Hall–Kier alpha value is -1.13. The minimum Gasteiger partial charge on any atom is -0.378 e. The smallest absolute Gasteiger partial charge is 0.170 e. The van der Waals surface area contributed by atoms with E-state index in [2.05, 4.69) is 10.6 Å². The first-order chi connectivity index (χ1) is 8.28. The van der Waals surface area contributed by atoms with Crippen molar-refractivity contribution in [3.8, 4) is 0 Å². The first-order valence-electron chi connectivity index (χ1n) is 6.02. The second kappa shape index (κ2) is 5.98. The molecule has 0 amide bonds. The van der Waals surface area contributed by atoms with E-state index in [0.717, 1.165) is 25.1 Å². The number of rotatable bonds is 4. The van der Waals surface area contributed by atoms with E-state index in [0.29, 0.717) is 17.3 Å². The maximum absolute atomic E-state index is 5.50. The van der Waals surface area contributed by atoms with Crippen LogP contribution >= 0.6 is 12.2 Å². The highest BCUT2D eigenvalue weighted by atomic mass is 32.1. The Bertz CT molecular complexity index is 363. The summed E-state index contributed by atoms with van der Waals surface area (Å²) in [5, 5.41) is 7.15. The van der Waals surface area contributed by atoms with E-state index in [-0.39, 0.29) is 0 Å². The van der Waals surface area contributed by atoms with Crippen LogP contribution in [0.5, 0.6) is 0 Å². The van der Waals surface area contributed by atoms with Crippen LogP contribution in [0.1, 0.15) is 19.8 Å². The van der Waals surface area contributed by atoms with Gasteiger partial charge in [0.25, 0.3) is 0 Å². The summed E-state index contributed by atoms with van der Waals surface area (Å²) < 4.78 is 5.50. The van der Waals surface area contributed by atoms with Crippen LogP contribution in [-0.4, -0.2) is 23.9 Å². The maximum atomic E-state index is 5.50. The van der Waals surface area contributed by atoms with E-state index >= 15 is 0 Å². The third-order valence-electron chi connectivity index (χ3n) is 2.86. The number of hydrogen-bond acceptors (Lipinski definition) is 2. The predicted octanol–water partition coefficient (Wildman–Crippen LogP) is 2.54. The number of nitrogens with one attached hydrogen (secondary N) is 2. The van der Waals surface area contributed by atoms with Gasteiger partial charge in [-0.3, -0.25) is 0 Å². The fraction of sp³-hybridized carbons (Fsp3) is 0.462. The van der Waals surface area contributed by atoms with Crippen LogP contribution < -0.4 is 10.6 Å². The lowest BCUT2D eigenvalue weighted by atomic mass is 9.89.